The second kappa shape index (κ2) is 1.42. The zero-order chi connectivity index (χ0) is 5.28. The summed E-state index contributed by atoms with van der Waals surface area (Å²) in [6.45, 7) is 0. The smallest absolute Gasteiger partial charge is 0.138 e. The summed E-state index contributed by atoms with van der Waals surface area (Å²) in [5.41, 5.74) is 0. The maximum atomic E-state index is 9.72. The first-order valence-corrected chi connectivity index (χ1v) is 2.05. The lowest BCUT2D eigenvalue weighted by atomic mass is 10.4. The summed E-state index contributed by atoms with van der Waals surface area (Å²) in [6.07, 6.45) is 1.47. The van der Waals surface area contributed by atoms with Gasteiger partial charge in [-0.15, -0.1) is 0 Å². The quantitative estimate of drug-likeness (QED) is 0.346. The Morgan fingerprint density at radius 3 is 1.71 bits per heavy atom. The molecule has 3 nitrogen and oxygen atoms in total. The van der Waals surface area contributed by atoms with Gasteiger partial charge in [0, 0.05) is 0 Å². The molecule has 3 heteroatoms. The highest BCUT2D eigenvalue weighted by Gasteiger charge is 2.34. The zero-order valence-corrected chi connectivity index (χ0v) is 3.63. The van der Waals surface area contributed by atoms with E-state index in [0.29, 0.717) is 0 Å². The highest BCUT2D eigenvalue weighted by Crippen LogP contribution is 2.02. The maximum absolute atomic E-state index is 9.72. The van der Waals surface area contributed by atoms with Crippen molar-refractivity contribution >= 4 is 12.6 Å². The Morgan fingerprint density at radius 1 is 1.14 bits per heavy atom. The van der Waals surface area contributed by atoms with Crippen molar-refractivity contribution in [3.05, 3.63) is 0 Å². The van der Waals surface area contributed by atoms with Crippen LogP contribution < -0.4 is 5.32 Å². The van der Waals surface area contributed by atoms with Crippen molar-refractivity contribution in [1.29, 1.82) is 0 Å². The van der Waals surface area contributed by atoms with Gasteiger partial charge in [-0.2, -0.15) is 0 Å². The SMILES string of the molecule is O=CC1NC1C=O. The van der Waals surface area contributed by atoms with Crippen molar-refractivity contribution < 1.29 is 9.59 Å². The van der Waals surface area contributed by atoms with Crippen LogP contribution in [0.15, 0.2) is 0 Å². The molecule has 38 valence electrons. The van der Waals surface area contributed by atoms with Crippen molar-refractivity contribution in [1.82, 2.24) is 5.32 Å². The normalized spacial score (nSPS) is 37.1. The predicted molar refractivity (Wildman–Crippen MR) is 22.8 cm³/mol. The van der Waals surface area contributed by atoms with E-state index in [4.69, 9.17) is 0 Å². The van der Waals surface area contributed by atoms with Crippen LogP contribution in [0.3, 0.4) is 0 Å². The van der Waals surface area contributed by atoms with Gasteiger partial charge in [0.2, 0.25) is 0 Å². The van der Waals surface area contributed by atoms with E-state index in [1.54, 1.807) is 0 Å². The molecule has 1 N–H and O–H groups in total. The first-order chi connectivity index (χ1) is 3.38. The van der Waals surface area contributed by atoms with Gasteiger partial charge in [0.1, 0.15) is 12.6 Å². The molecule has 0 bridgehead atoms. The maximum Gasteiger partial charge on any atom is 0.138 e. The van der Waals surface area contributed by atoms with Crippen molar-refractivity contribution in [2.24, 2.45) is 0 Å². The number of carbonyl (C=O) groups is 2. The average Bonchev–Trinajstić information content (AvgIpc) is 2.43. The summed E-state index contributed by atoms with van der Waals surface area (Å²) in [7, 11) is 0. The minimum Gasteiger partial charge on any atom is -0.302 e. The Morgan fingerprint density at radius 2 is 1.57 bits per heavy atom. The highest BCUT2D eigenvalue weighted by atomic mass is 16.1. The Balaban J connectivity index is 2.30. The summed E-state index contributed by atoms with van der Waals surface area (Å²) < 4.78 is 0. The second-order valence-corrected chi connectivity index (χ2v) is 1.49. The summed E-state index contributed by atoms with van der Waals surface area (Å²) in [5, 5.41) is 2.63. The van der Waals surface area contributed by atoms with Crippen LogP contribution in [0.25, 0.3) is 0 Å². The fourth-order valence-electron chi connectivity index (χ4n) is 0.415. The van der Waals surface area contributed by atoms with Gasteiger partial charge in [-0.3, -0.25) is 5.32 Å². The van der Waals surface area contributed by atoms with Gasteiger partial charge < -0.3 is 9.59 Å². The molecular formula is C4H5NO2. The molecule has 2 unspecified atom stereocenters. The number of hydrogen-bond acceptors (Lipinski definition) is 3. The van der Waals surface area contributed by atoms with E-state index in [2.05, 4.69) is 5.32 Å². The van der Waals surface area contributed by atoms with Gasteiger partial charge in [-0.1, -0.05) is 0 Å². The van der Waals surface area contributed by atoms with Crippen molar-refractivity contribution in [3.63, 3.8) is 0 Å². The predicted octanol–water partition coefficient (Wildman–Crippen LogP) is -1.28. The molecule has 1 heterocycles. The van der Waals surface area contributed by atoms with Crippen LogP contribution in [0.1, 0.15) is 0 Å². The number of hydrogen-bond donors (Lipinski definition) is 1. The van der Waals surface area contributed by atoms with Gasteiger partial charge in [0.15, 0.2) is 0 Å². The van der Waals surface area contributed by atoms with E-state index in [1.165, 1.54) is 0 Å². The van der Waals surface area contributed by atoms with Crippen LogP contribution >= 0.6 is 0 Å². The first-order valence-electron chi connectivity index (χ1n) is 2.05. The van der Waals surface area contributed by atoms with Gasteiger partial charge >= 0.3 is 0 Å². The third kappa shape index (κ3) is 0.667. The molecule has 1 saturated heterocycles. The van der Waals surface area contributed by atoms with Crippen LogP contribution in [0.4, 0.5) is 0 Å². The molecule has 0 aromatic rings. The van der Waals surface area contributed by atoms with E-state index in [9.17, 15) is 9.59 Å². The highest BCUT2D eigenvalue weighted by molar-refractivity contribution is 5.77. The van der Waals surface area contributed by atoms with Gasteiger partial charge in [0.25, 0.3) is 0 Å². The molecule has 1 fully saturated rings. The standard InChI is InChI=1S/C4H5NO2/c6-1-3-4(2-7)5-3/h1-5H. The minimum absolute atomic E-state index is 0.183. The number of nitrogens with one attached hydrogen (secondary N) is 1. The Kier molecular flexibility index (Phi) is 0.906. The van der Waals surface area contributed by atoms with E-state index < -0.39 is 0 Å². The molecule has 0 saturated carbocycles. The second-order valence-electron chi connectivity index (χ2n) is 1.49. The molecule has 0 aliphatic carbocycles. The van der Waals surface area contributed by atoms with Gasteiger partial charge in [-0.05, 0) is 0 Å². The Hall–Kier alpha value is -0.700. The molecular weight excluding hydrogens is 94.0 g/mol. The largest absolute Gasteiger partial charge is 0.302 e. The fraction of sp³-hybridized carbons (Fsp3) is 0.500. The first kappa shape index (κ1) is 4.46. The van der Waals surface area contributed by atoms with E-state index in [1.807, 2.05) is 0 Å². The van der Waals surface area contributed by atoms with Crippen molar-refractivity contribution in [2.75, 3.05) is 0 Å². The molecule has 7 heavy (non-hydrogen) atoms. The molecule has 1 rings (SSSR count). The van der Waals surface area contributed by atoms with Crippen LogP contribution in [0.2, 0.25) is 0 Å². The lowest BCUT2D eigenvalue weighted by Crippen LogP contribution is -1.93. The lowest BCUT2D eigenvalue weighted by molar-refractivity contribution is -0.110. The molecule has 0 amide bonds. The molecule has 0 radical (unpaired) electrons. The van der Waals surface area contributed by atoms with E-state index in [0.717, 1.165) is 12.6 Å². The summed E-state index contributed by atoms with van der Waals surface area (Å²) >= 11 is 0. The van der Waals surface area contributed by atoms with Crippen LogP contribution in [-0.2, 0) is 9.59 Å². The number of carbonyl (C=O) groups excluding carboxylic acids is 2. The fourth-order valence-corrected chi connectivity index (χ4v) is 0.415. The van der Waals surface area contributed by atoms with Crippen LogP contribution in [0, 0.1) is 0 Å². The lowest BCUT2D eigenvalue weighted by Gasteiger charge is -1.63. The third-order valence-electron chi connectivity index (χ3n) is 0.956. The third-order valence-corrected chi connectivity index (χ3v) is 0.956. The molecule has 0 aromatic carbocycles. The van der Waals surface area contributed by atoms with Crippen LogP contribution in [0.5, 0.6) is 0 Å². The topological polar surface area (TPSA) is 56.1 Å². The van der Waals surface area contributed by atoms with E-state index >= 15 is 0 Å². The van der Waals surface area contributed by atoms with Crippen molar-refractivity contribution in [2.45, 2.75) is 12.1 Å². The van der Waals surface area contributed by atoms with Gasteiger partial charge in [-0.25, -0.2) is 0 Å². The monoisotopic (exact) mass is 99.0 g/mol. The number of aldehydes is 2. The van der Waals surface area contributed by atoms with Crippen LogP contribution in [-0.4, -0.2) is 24.7 Å². The minimum atomic E-state index is -0.183. The Labute approximate surface area is 40.7 Å². The molecule has 2 atom stereocenters. The van der Waals surface area contributed by atoms with Gasteiger partial charge in [0.05, 0.1) is 12.1 Å². The zero-order valence-electron chi connectivity index (χ0n) is 3.63. The average molecular weight is 99.1 g/mol. The molecule has 1 aliphatic rings. The number of rotatable bonds is 2. The summed E-state index contributed by atoms with van der Waals surface area (Å²) in [4.78, 5) is 19.4. The molecule has 1 aliphatic heterocycles. The summed E-state index contributed by atoms with van der Waals surface area (Å²) in [5.74, 6) is 0. The van der Waals surface area contributed by atoms with E-state index in [-0.39, 0.29) is 12.1 Å². The summed E-state index contributed by atoms with van der Waals surface area (Å²) in [6, 6.07) is -0.366. The molecule has 0 aromatic heterocycles. The van der Waals surface area contributed by atoms with Crippen molar-refractivity contribution in [3.8, 4) is 0 Å². The Bertz CT molecular complexity index is 89.9. The molecule has 0 spiro atoms.